The first-order valence-corrected chi connectivity index (χ1v) is 8.47. The second-order valence-electron chi connectivity index (χ2n) is 6.62. The lowest BCUT2D eigenvalue weighted by Crippen LogP contribution is -2.34. The van der Waals surface area contributed by atoms with Gasteiger partial charge < -0.3 is 15.3 Å². The van der Waals surface area contributed by atoms with Crippen molar-refractivity contribution in [3.63, 3.8) is 0 Å². The molecule has 0 aliphatic carbocycles. The predicted octanol–water partition coefficient (Wildman–Crippen LogP) is 1.37. The Labute approximate surface area is 152 Å². The first kappa shape index (κ1) is 17.9. The molecule has 2 heterocycles. The Morgan fingerprint density at radius 3 is 2.62 bits per heavy atom. The molecule has 0 spiro atoms. The van der Waals surface area contributed by atoms with Gasteiger partial charge in [0.15, 0.2) is 0 Å². The molecule has 1 aliphatic rings. The fourth-order valence-corrected chi connectivity index (χ4v) is 2.94. The lowest BCUT2D eigenvalue weighted by atomic mass is 10.1. The summed E-state index contributed by atoms with van der Waals surface area (Å²) in [5, 5.41) is 16.3. The van der Waals surface area contributed by atoms with Crippen molar-refractivity contribution in [3.8, 4) is 0 Å². The van der Waals surface area contributed by atoms with Gasteiger partial charge in [-0.3, -0.25) is 9.58 Å². The number of urea groups is 1. The molecular weight excluding hydrogens is 334 g/mol. The molecule has 8 nitrogen and oxygen atoms in total. The second kappa shape index (κ2) is 7.57. The Bertz CT molecular complexity index is 798. The fraction of sp³-hybridized carbons (Fsp3) is 0.389. The summed E-state index contributed by atoms with van der Waals surface area (Å²) in [6, 6.07) is 8.88. The number of aromatic nitrogens is 2. The quantitative estimate of drug-likeness (QED) is 0.843. The summed E-state index contributed by atoms with van der Waals surface area (Å²) in [7, 11) is 3.41. The molecule has 0 atom stereocenters. The second-order valence-corrected chi connectivity index (χ2v) is 6.62. The van der Waals surface area contributed by atoms with Gasteiger partial charge in [0.05, 0.1) is 30.0 Å². The molecule has 0 radical (unpaired) electrons. The van der Waals surface area contributed by atoms with Crippen LogP contribution in [-0.4, -0.2) is 57.3 Å². The fourth-order valence-electron chi connectivity index (χ4n) is 2.94. The van der Waals surface area contributed by atoms with Crippen LogP contribution < -0.4 is 5.32 Å². The van der Waals surface area contributed by atoms with Gasteiger partial charge in [-0.2, -0.15) is 5.10 Å². The first-order valence-electron chi connectivity index (χ1n) is 8.47. The van der Waals surface area contributed by atoms with Gasteiger partial charge in [0, 0.05) is 33.7 Å². The summed E-state index contributed by atoms with van der Waals surface area (Å²) in [5.74, 6) is -0.910. The Balaban J connectivity index is 1.59. The SMILES string of the molecule is CN(C)C(=O)NCc1cc2n(n1)CCN(Cc1ccc(C(=O)O)cc1)C2. The van der Waals surface area contributed by atoms with Gasteiger partial charge in [-0.05, 0) is 23.8 Å². The van der Waals surface area contributed by atoms with Crippen LogP contribution in [0.1, 0.15) is 27.3 Å². The molecule has 2 amide bonds. The Morgan fingerprint density at radius 1 is 1.23 bits per heavy atom. The molecule has 0 saturated carbocycles. The zero-order valence-corrected chi connectivity index (χ0v) is 15.0. The molecule has 0 saturated heterocycles. The number of nitrogens with zero attached hydrogens (tertiary/aromatic N) is 4. The minimum atomic E-state index is -0.910. The standard InChI is InChI=1S/C18H23N5O3/c1-21(2)18(26)19-10-15-9-16-12-22(7-8-23(16)20-15)11-13-3-5-14(6-4-13)17(24)25/h3-6,9H,7-8,10-12H2,1-2H3,(H,19,26)(H,24,25). The number of nitrogens with one attached hydrogen (secondary N) is 1. The molecule has 2 aromatic rings. The van der Waals surface area contributed by atoms with Crippen molar-refractivity contribution in [2.75, 3.05) is 20.6 Å². The van der Waals surface area contributed by atoms with Crippen LogP contribution in [0.3, 0.4) is 0 Å². The summed E-state index contributed by atoms with van der Waals surface area (Å²) in [6.07, 6.45) is 0. The largest absolute Gasteiger partial charge is 0.478 e. The number of carboxylic acid groups (broad SMARTS) is 1. The van der Waals surface area contributed by atoms with Crippen LogP contribution in [0.25, 0.3) is 0 Å². The minimum Gasteiger partial charge on any atom is -0.478 e. The third kappa shape index (κ3) is 4.20. The van der Waals surface area contributed by atoms with Gasteiger partial charge in [-0.25, -0.2) is 9.59 Å². The van der Waals surface area contributed by atoms with E-state index in [0.717, 1.165) is 43.1 Å². The number of rotatable bonds is 5. The van der Waals surface area contributed by atoms with Crippen LogP contribution in [0.15, 0.2) is 30.3 Å². The van der Waals surface area contributed by atoms with E-state index in [1.807, 2.05) is 22.9 Å². The van der Waals surface area contributed by atoms with Gasteiger partial charge >= 0.3 is 12.0 Å². The van der Waals surface area contributed by atoms with Crippen molar-refractivity contribution in [3.05, 3.63) is 52.8 Å². The highest BCUT2D eigenvalue weighted by atomic mass is 16.4. The van der Waals surface area contributed by atoms with Crippen LogP contribution in [0, 0.1) is 0 Å². The molecule has 0 fully saturated rings. The molecule has 1 aliphatic heterocycles. The van der Waals surface area contributed by atoms with Crippen molar-refractivity contribution in [2.45, 2.75) is 26.2 Å². The van der Waals surface area contributed by atoms with Crippen molar-refractivity contribution >= 4 is 12.0 Å². The average molecular weight is 357 g/mol. The topological polar surface area (TPSA) is 90.7 Å². The number of carbonyl (C=O) groups excluding carboxylic acids is 1. The third-order valence-corrected chi connectivity index (χ3v) is 4.36. The van der Waals surface area contributed by atoms with Gasteiger partial charge in [0.2, 0.25) is 0 Å². The van der Waals surface area contributed by atoms with E-state index in [1.165, 1.54) is 4.90 Å². The number of benzene rings is 1. The summed E-state index contributed by atoms with van der Waals surface area (Å²) in [5.41, 5.74) is 3.35. The van der Waals surface area contributed by atoms with Crippen LogP contribution in [0.2, 0.25) is 0 Å². The number of hydrogen-bond acceptors (Lipinski definition) is 4. The predicted molar refractivity (Wildman–Crippen MR) is 95.7 cm³/mol. The lowest BCUT2D eigenvalue weighted by Gasteiger charge is -2.27. The molecule has 3 rings (SSSR count). The third-order valence-electron chi connectivity index (χ3n) is 4.36. The van der Waals surface area contributed by atoms with Gasteiger partial charge in [-0.1, -0.05) is 12.1 Å². The van der Waals surface area contributed by atoms with Gasteiger partial charge in [0.1, 0.15) is 0 Å². The van der Waals surface area contributed by atoms with Crippen LogP contribution in [-0.2, 0) is 26.2 Å². The number of carboxylic acids is 1. The maximum Gasteiger partial charge on any atom is 0.335 e. The number of fused-ring (bicyclic) bond motifs is 1. The molecule has 2 N–H and O–H groups in total. The average Bonchev–Trinajstić information content (AvgIpc) is 3.02. The molecule has 0 bridgehead atoms. The molecule has 138 valence electrons. The highest BCUT2D eigenvalue weighted by Gasteiger charge is 2.19. The molecule has 26 heavy (non-hydrogen) atoms. The van der Waals surface area contributed by atoms with E-state index < -0.39 is 5.97 Å². The molecular formula is C18H23N5O3. The van der Waals surface area contributed by atoms with E-state index in [4.69, 9.17) is 5.11 Å². The van der Waals surface area contributed by atoms with Crippen LogP contribution in [0.5, 0.6) is 0 Å². The molecule has 0 unspecified atom stereocenters. The van der Waals surface area contributed by atoms with Crippen LogP contribution >= 0.6 is 0 Å². The van der Waals surface area contributed by atoms with E-state index >= 15 is 0 Å². The van der Waals surface area contributed by atoms with Gasteiger partial charge in [0.25, 0.3) is 0 Å². The monoisotopic (exact) mass is 357 g/mol. The van der Waals surface area contributed by atoms with Crippen molar-refractivity contribution in [1.82, 2.24) is 24.9 Å². The Hall–Kier alpha value is -2.87. The number of carbonyl (C=O) groups is 2. The van der Waals surface area contributed by atoms with E-state index in [1.54, 1.807) is 26.2 Å². The van der Waals surface area contributed by atoms with Crippen molar-refractivity contribution in [2.24, 2.45) is 0 Å². The minimum absolute atomic E-state index is 0.137. The lowest BCUT2D eigenvalue weighted by molar-refractivity contribution is 0.0697. The van der Waals surface area contributed by atoms with E-state index in [-0.39, 0.29) is 6.03 Å². The normalized spacial score (nSPS) is 13.9. The zero-order chi connectivity index (χ0) is 18.7. The molecule has 1 aromatic carbocycles. The summed E-state index contributed by atoms with van der Waals surface area (Å²) in [4.78, 5) is 26.3. The maximum absolute atomic E-state index is 11.6. The molecule has 8 heteroatoms. The smallest absolute Gasteiger partial charge is 0.335 e. The van der Waals surface area contributed by atoms with E-state index in [9.17, 15) is 9.59 Å². The number of amides is 2. The summed E-state index contributed by atoms with van der Waals surface area (Å²) < 4.78 is 1.99. The van der Waals surface area contributed by atoms with Crippen molar-refractivity contribution < 1.29 is 14.7 Å². The highest BCUT2D eigenvalue weighted by Crippen LogP contribution is 2.17. The summed E-state index contributed by atoms with van der Waals surface area (Å²) >= 11 is 0. The molecule has 1 aromatic heterocycles. The van der Waals surface area contributed by atoms with Gasteiger partial charge in [-0.15, -0.1) is 0 Å². The summed E-state index contributed by atoms with van der Waals surface area (Å²) in [6.45, 7) is 3.61. The first-order chi connectivity index (χ1) is 12.4. The Kier molecular flexibility index (Phi) is 5.22. The van der Waals surface area contributed by atoms with E-state index in [0.29, 0.717) is 12.1 Å². The Morgan fingerprint density at radius 2 is 1.96 bits per heavy atom. The maximum atomic E-state index is 11.6. The number of hydrogen-bond donors (Lipinski definition) is 2. The van der Waals surface area contributed by atoms with Crippen molar-refractivity contribution in [1.29, 1.82) is 0 Å². The zero-order valence-electron chi connectivity index (χ0n) is 15.0. The van der Waals surface area contributed by atoms with E-state index in [2.05, 4.69) is 15.3 Å². The number of aromatic carboxylic acids is 1. The highest BCUT2D eigenvalue weighted by molar-refractivity contribution is 5.87. The van der Waals surface area contributed by atoms with Crippen LogP contribution in [0.4, 0.5) is 4.79 Å².